The second kappa shape index (κ2) is 5.45. The minimum absolute atomic E-state index is 0.0550. The lowest BCUT2D eigenvalue weighted by molar-refractivity contribution is 0.212. The standard InChI is InChI=1S/C13H11ClF2O2S/c1-6-5-19-13(11(6)14)12(17)10-8(15)3-7(18-2)4-9(10)16/h3-5,12,17H,1-2H3. The molecule has 0 fully saturated rings. The van der Waals surface area contributed by atoms with E-state index in [0.717, 1.165) is 29.0 Å². The van der Waals surface area contributed by atoms with Gasteiger partial charge in [-0.3, -0.25) is 0 Å². The molecule has 0 radical (unpaired) electrons. The molecule has 2 rings (SSSR count). The first-order valence-corrected chi connectivity index (χ1v) is 6.66. The largest absolute Gasteiger partial charge is 0.497 e. The number of aryl methyl sites for hydroxylation is 1. The van der Waals surface area contributed by atoms with Crippen LogP contribution in [0.3, 0.4) is 0 Å². The molecule has 1 atom stereocenters. The van der Waals surface area contributed by atoms with E-state index in [1.54, 1.807) is 12.3 Å². The molecule has 0 saturated heterocycles. The van der Waals surface area contributed by atoms with Crippen molar-refractivity contribution in [1.29, 1.82) is 0 Å². The molecule has 0 bridgehead atoms. The highest BCUT2D eigenvalue weighted by Crippen LogP contribution is 2.38. The van der Waals surface area contributed by atoms with E-state index in [1.165, 1.54) is 7.11 Å². The van der Waals surface area contributed by atoms with Gasteiger partial charge >= 0.3 is 0 Å². The summed E-state index contributed by atoms with van der Waals surface area (Å²) >= 11 is 7.16. The van der Waals surface area contributed by atoms with Crippen molar-refractivity contribution in [2.24, 2.45) is 0 Å². The van der Waals surface area contributed by atoms with Crippen molar-refractivity contribution >= 4 is 22.9 Å². The van der Waals surface area contributed by atoms with Gasteiger partial charge in [-0.05, 0) is 17.9 Å². The van der Waals surface area contributed by atoms with Crippen LogP contribution >= 0.6 is 22.9 Å². The summed E-state index contributed by atoms with van der Waals surface area (Å²) in [6, 6.07) is 2.05. The van der Waals surface area contributed by atoms with Gasteiger partial charge in [0, 0.05) is 12.1 Å². The zero-order valence-corrected chi connectivity index (χ0v) is 11.8. The predicted molar refractivity (Wildman–Crippen MR) is 71.0 cm³/mol. The number of benzene rings is 1. The van der Waals surface area contributed by atoms with Crippen LogP contribution in [0.15, 0.2) is 17.5 Å². The summed E-state index contributed by atoms with van der Waals surface area (Å²) in [7, 11) is 1.31. The average Bonchev–Trinajstić information content (AvgIpc) is 2.68. The van der Waals surface area contributed by atoms with E-state index >= 15 is 0 Å². The van der Waals surface area contributed by atoms with Gasteiger partial charge in [-0.25, -0.2) is 8.78 Å². The van der Waals surface area contributed by atoms with Gasteiger partial charge in [0.2, 0.25) is 0 Å². The molecule has 0 aliphatic rings. The molecule has 102 valence electrons. The molecule has 0 amide bonds. The maximum atomic E-state index is 13.9. The number of halogens is 3. The van der Waals surface area contributed by atoms with E-state index in [-0.39, 0.29) is 5.75 Å². The number of thiophene rings is 1. The lowest BCUT2D eigenvalue weighted by Gasteiger charge is -2.13. The molecular formula is C13H11ClF2O2S. The van der Waals surface area contributed by atoms with Gasteiger partial charge in [0.1, 0.15) is 23.5 Å². The Morgan fingerprint density at radius 3 is 2.32 bits per heavy atom. The third-order valence-corrected chi connectivity index (χ3v) is 4.50. The fourth-order valence-corrected chi connectivity index (χ4v) is 2.99. The number of hydrogen-bond donors (Lipinski definition) is 1. The van der Waals surface area contributed by atoms with Crippen LogP contribution in [0.2, 0.25) is 5.02 Å². The maximum Gasteiger partial charge on any atom is 0.136 e. The highest BCUT2D eigenvalue weighted by Gasteiger charge is 2.24. The first-order valence-electron chi connectivity index (χ1n) is 5.40. The molecule has 1 aromatic heterocycles. The minimum atomic E-state index is -1.43. The Labute approximate surface area is 118 Å². The van der Waals surface area contributed by atoms with Crippen LogP contribution in [0.4, 0.5) is 8.78 Å². The maximum absolute atomic E-state index is 13.9. The number of methoxy groups -OCH3 is 1. The van der Waals surface area contributed by atoms with Crippen LogP contribution in [0.5, 0.6) is 5.75 Å². The Hall–Kier alpha value is -1.17. The van der Waals surface area contributed by atoms with E-state index in [9.17, 15) is 13.9 Å². The number of rotatable bonds is 3. The van der Waals surface area contributed by atoms with Crippen molar-refractivity contribution in [3.63, 3.8) is 0 Å². The molecular weight excluding hydrogens is 294 g/mol. The second-order valence-electron chi connectivity index (χ2n) is 4.00. The summed E-state index contributed by atoms with van der Waals surface area (Å²) in [6.45, 7) is 1.76. The molecule has 0 spiro atoms. The molecule has 0 saturated carbocycles. The van der Waals surface area contributed by atoms with E-state index in [0.29, 0.717) is 9.90 Å². The number of aliphatic hydroxyl groups excluding tert-OH is 1. The smallest absolute Gasteiger partial charge is 0.136 e. The van der Waals surface area contributed by atoms with E-state index in [1.807, 2.05) is 0 Å². The second-order valence-corrected chi connectivity index (χ2v) is 5.29. The highest BCUT2D eigenvalue weighted by atomic mass is 35.5. The Morgan fingerprint density at radius 2 is 1.89 bits per heavy atom. The average molecular weight is 305 g/mol. The Kier molecular flexibility index (Phi) is 4.08. The van der Waals surface area contributed by atoms with Crippen LogP contribution in [0, 0.1) is 18.6 Å². The fraction of sp³-hybridized carbons (Fsp3) is 0.231. The number of aliphatic hydroxyl groups is 1. The first kappa shape index (κ1) is 14.2. The molecule has 2 aromatic rings. The van der Waals surface area contributed by atoms with Crippen molar-refractivity contribution in [1.82, 2.24) is 0 Å². The fourth-order valence-electron chi connectivity index (χ4n) is 1.71. The van der Waals surface area contributed by atoms with Crippen molar-refractivity contribution in [3.8, 4) is 5.75 Å². The van der Waals surface area contributed by atoms with Crippen LogP contribution in [0.25, 0.3) is 0 Å². The summed E-state index contributed by atoms with van der Waals surface area (Å²) in [4.78, 5) is 0.321. The molecule has 2 nitrogen and oxygen atoms in total. The molecule has 1 unspecified atom stereocenters. The summed E-state index contributed by atoms with van der Waals surface area (Å²) in [6.07, 6.45) is -1.43. The van der Waals surface area contributed by atoms with Crippen LogP contribution in [-0.4, -0.2) is 12.2 Å². The van der Waals surface area contributed by atoms with Gasteiger partial charge in [-0.15, -0.1) is 11.3 Å². The van der Waals surface area contributed by atoms with Crippen molar-refractivity contribution in [3.05, 3.63) is 50.2 Å². The van der Waals surface area contributed by atoms with Gasteiger partial charge in [-0.1, -0.05) is 11.6 Å². The molecule has 19 heavy (non-hydrogen) atoms. The van der Waals surface area contributed by atoms with Gasteiger partial charge in [0.15, 0.2) is 0 Å². The summed E-state index contributed by atoms with van der Waals surface area (Å²) in [5, 5.41) is 12.2. The van der Waals surface area contributed by atoms with Crippen molar-refractivity contribution < 1.29 is 18.6 Å². The van der Waals surface area contributed by atoms with Gasteiger partial charge < -0.3 is 9.84 Å². The summed E-state index contributed by atoms with van der Waals surface area (Å²) < 4.78 is 32.5. The lowest BCUT2D eigenvalue weighted by atomic mass is 10.1. The van der Waals surface area contributed by atoms with Crippen LogP contribution in [-0.2, 0) is 0 Å². The number of hydrogen-bond acceptors (Lipinski definition) is 3. The molecule has 1 N–H and O–H groups in total. The quantitative estimate of drug-likeness (QED) is 0.926. The van der Waals surface area contributed by atoms with E-state index < -0.39 is 23.3 Å². The van der Waals surface area contributed by atoms with Crippen LogP contribution < -0.4 is 4.74 Å². The third kappa shape index (κ3) is 2.59. The Bertz CT molecular complexity index is 590. The third-order valence-electron chi connectivity index (χ3n) is 2.74. The zero-order valence-electron chi connectivity index (χ0n) is 10.2. The topological polar surface area (TPSA) is 29.5 Å². The molecule has 1 aromatic carbocycles. The molecule has 1 heterocycles. The lowest BCUT2D eigenvalue weighted by Crippen LogP contribution is -2.05. The highest BCUT2D eigenvalue weighted by molar-refractivity contribution is 7.10. The SMILES string of the molecule is COc1cc(F)c(C(O)c2scc(C)c2Cl)c(F)c1. The summed E-state index contributed by atoms with van der Waals surface area (Å²) in [5.74, 6) is -1.68. The monoisotopic (exact) mass is 304 g/mol. The Morgan fingerprint density at radius 1 is 1.32 bits per heavy atom. The van der Waals surface area contributed by atoms with Crippen molar-refractivity contribution in [2.45, 2.75) is 13.0 Å². The minimum Gasteiger partial charge on any atom is -0.497 e. The molecule has 6 heteroatoms. The first-order chi connectivity index (χ1) is 8.95. The van der Waals surface area contributed by atoms with Crippen molar-refractivity contribution in [2.75, 3.05) is 7.11 Å². The summed E-state index contributed by atoms with van der Waals surface area (Å²) in [5.41, 5.74) is 0.333. The zero-order chi connectivity index (χ0) is 14.2. The van der Waals surface area contributed by atoms with E-state index in [4.69, 9.17) is 16.3 Å². The normalized spacial score (nSPS) is 12.5. The van der Waals surface area contributed by atoms with Gasteiger partial charge in [0.25, 0.3) is 0 Å². The van der Waals surface area contributed by atoms with Crippen LogP contribution in [0.1, 0.15) is 22.1 Å². The molecule has 0 aliphatic carbocycles. The predicted octanol–water partition coefficient (Wildman–Crippen LogP) is 4.08. The Balaban J connectivity index is 2.50. The molecule has 0 aliphatic heterocycles. The van der Waals surface area contributed by atoms with Gasteiger partial charge in [0.05, 0.1) is 22.6 Å². The van der Waals surface area contributed by atoms with Gasteiger partial charge in [-0.2, -0.15) is 0 Å². The number of ether oxygens (including phenoxy) is 1. The van der Waals surface area contributed by atoms with E-state index in [2.05, 4.69) is 0 Å².